The predicted molar refractivity (Wildman–Crippen MR) is 91.0 cm³/mol. The Morgan fingerprint density at radius 3 is 2.50 bits per heavy atom. The average Bonchev–Trinajstić information content (AvgIpc) is 2.90. The molecule has 2 aromatic rings. The fraction of sp³-hybridized carbons (Fsp3) is 0.375. The second-order valence-electron chi connectivity index (χ2n) is 5.99. The minimum atomic E-state index is -1.46. The maximum Gasteiger partial charge on any atom is 0.312 e. The molecular formula is C16H18BrN3O4. The van der Waals surface area contributed by atoms with Crippen LogP contribution in [0.4, 0.5) is 0 Å². The normalized spacial score (nSPS) is 12.7. The first-order chi connectivity index (χ1) is 11.2. The van der Waals surface area contributed by atoms with E-state index < -0.39 is 22.5 Å². The zero-order chi connectivity index (χ0) is 17.9. The van der Waals surface area contributed by atoms with E-state index in [9.17, 15) is 14.9 Å². The van der Waals surface area contributed by atoms with Crippen molar-refractivity contribution in [1.29, 1.82) is 0 Å². The third-order valence-corrected chi connectivity index (χ3v) is 4.16. The average molecular weight is 396 g/mol. The Bertz CT molecular complexity index is 740. The van der Waals surface area contributed by atoms with E-state index >= 15 is 0 Å². The highest BCUT2D eigenvalue weighted by Gasteiger charge is 2.44. The van der Waals surface area contributed by atoms with Crippen LogP contribution in [0.25, 0.3) is 0 Å². The van der Waals surface area contributed by atoms with Crippen molar-refractivity contribution in [3.8, 4) is 0 Å². The fourth-order valence-corrected chi connectivity index (χ4v) is 2.50. The Balaban J connectivity index is 2.24. The standard InChI is InChI=1S/C16H18BrN3O4/c1-16(2,20(22)23)15(11-4-6-12(17)7-5-11)24-14(21)10-13-8-9-19(3)18-13/h4-9,15H,10H2,1-3H3/t15-/m0/s1. The smallest absolute Gasteiger partial charge is 0.312 e. The molecule has 0 aliphatic rings. The summed E-state index contributed by atoms with van der Waals surface area (Å²) >= 11 is 3.32. The fourth-order valence-electron chi connectivity index (χ4n) is 2.23. The van der Waals surface area contributed by atoms with Crippen molar-refractivity contribution in [3.05, 3.63) is 62.4 Å². The maximum absolute atomic E-state index is 12.2. The molecule has 0 aliphatic heterocycles. The predicted octanol–water partition coefficient (Wildman–Crippen LogP) is 3.06. The molecule has 1 atom stereocenters. The van der Waals surface area contributed by atoms with Crippen LogP contribution in [0.2, 0.25) is 0 Å². The van der Waals surface area contributed by atoms with Crippen LogP contribution >= 0.6 is 15.9 Å². The molecule has 2 rings (SSSR count). The monoisotopic (exact) mass is 395 g/mol. The van der Waals surface area contributed by atoms with Crippen molar-refractivity contribution in [2.45, 2.75) is 31.9 Å². The molecule has 0 bridgehead atoms. The number of aryl methyl sites for hydroxylation is 1. The molecule has 1 aromatic carbocycles. The summed E-state index contributed by atoms with van der Waals surface area (Å²) in [4.78, 5) is 23.2. The Morgan fingerprint density at radius 1 is 1.38 bits per heavy atom. The van der Waals surface area contributed by atoms with Crippen molar-refractivity contribution in [3.63, 3.8) is 0 Å². The van der Waals surface area contributed by atoms with Gasteiger partial charge in [0.25, 0.3) is 5.54 Å². The largest absolute Gasteiger partial charge is 0.449 e. The van der Waals surface area contributed by atoms with Crippen LogP contribution in [0.3, 0.4) is 0 Å². The van der Waals surface area contributed by atoms with Crippen LogP contribution in [-0.2, 0) is 23.0 Å². The SMILES string of the molecule is Cn1ccc(CC(=O)O[C@@H](c2ccc(Br)cc2)C(C)(C)[N+](=O)[O-])n1. The lowest BCUT2D eigenvalue weighted by Crippen LogP contribution is -2.40. The summed E-state index contributed by atoms with van der Waals surface area (Å²) < 4.78 is 7.89. The second-order valence-corrected chi connectivity index (χ2v) is 6.91. The number of benzene rings is 1. The first-order valence-electron chi connectivity index (χ1n) is 7.28. The lowest BCUT2D eigenvalue weighted by atomic mass is 9.91. The van der Waals surface area contributed by atoms with Crippen molar-refractivity contribution in [2.75, 3.05) is 0 Å². The van der Waals surface area contributed by atoms with Gasteiger partial charge < -0.3 is 4.74 Å². The van der Waals surface area contributed by atoms with E-state index in [0.717, 1.165) is 4.47 Å². The van der Waals surface area contributed by atoms with E-state index in [-0.39, 0.29) is 6.42 Å². The Labute approximate surface area is 147 Å². The topological polar surface area (TPSA) is 87.3 Å². The minimum absolute atomic E-state index is 0.0400. The number of carbonyl (C=O) groups excluding carboxylic acids is 1. The van der Waals surface area contributed by atoms with E-state index in [1.54, 1.807) is 48.3 Å². The quantitative estimate of drug-likeness (QED) is 0.426. The third-order valence-electron chi connectivity index (χ3n) is 3.63. The number of hydrogen-bond acceptors (Lipinski definition) is 5. The van der Waals surface area contributed by atoms with Gasteiger partial charge in [-0.15, -0.1) is 0 Å². The van der Waals surface area contributed by atoms with Gasteiger partial charge in [0.1, 0.15) is 0 Å². The molecule has 0 fully saturated rings. The lowest BCUT2D eigenvalue weighted by molar-refractivity contribution is -0.574. The molecule has 0 unspecified atom stereocenters. The van der Waals surface area contributed by atoms with Crippen LogP contribution < -0.4 is 0 Å². The number of rotatable bonds is 6. The van der Waals surface area contributed by atoms with E-state index in [0.29, 0.717) is 11.3 Å². The zero-order valence-electron chi connectivity index (χ0n) is 13.6. The molecule has 8 heteroatoms. The molecule has 0 N–H and O–H groups in total. The van der Waals surface area contributed by atoms with Gasteiger partial charge in [0.05, 0.1) is 12.1 Å². The number of nitro groups is 1. The van der Waals surface area contributed by atoms with Gasteiger partial charge in [-0.25, -0.2) is 0 Å². The number of aromatic nitrogens is 2. The van der Waals surface area contributed by atoms with Gasteiger partial charge in [-0.05, 0) is 23.8 Å². The number of hydrogen-bond donors (Lipinski definition) is 0. The van der Waals surface area contributed by atoms with E-state index in [2.05, 4.69) is 21.0 Å². The highest BCUT2D eigenvalue weighted by atomic mass is 79.9. The van der Waals surface area contributed by atoms with Crippen LogP contribution in [0.15, 0.2) is 41.0 Å². The molecule has 0 saturated heterocycles. The van der Waals surface area contributed by atoms with Crippen LogP contribution in [0, 0.1) is 10.1 Å². The third kappa shape index (κ3) is 4.19. The highest BCUT2D eigenvalue weighted by molar-refractivity contribution is 9.10. The number of carbonyl (C=O) groups is 1. The molecule has 0 spiro atoms. The summed E-state index contributed by atoms with van der Waals surface area (Å²) in [6, 6.07) is 8.62. The van der Waals surface area contributed by atoms with Crippen molar-refractivity contribution >= 4 is 21.9 Å². The van der Waals surface area contributed by atoms with Gasteiger partial charge in [0.15, 0.2) is 6.10 Å². The molecular weight excluding hydrogens is 378 g/mol. The van der Waals surface area contributed by atoms with Crippen molar-refractivity contribution < 1.29 is 14.5 Å². The number of nitrogens with zero attached hydrogens (tertiary/aromatic N) is 3. The molecule has 24 heavy (non-hydrogen) atoms. The first kappa shape index (κ1) is 18.1. The van der Waals surface area contributed by atoms with Gasteiger partial charge in [-0.2, -0.15) is 5.10 Å². The van der Waals surface area contributed by atoms with Crippen LogP contribution in [0.1, 0.15) is 31.2 Å². The Hall–Kier alpha value is -2.22. The number of esters is 1. The summed E-state index contributed by atoms with van der Waals surface area (Å²) in [5.41, 5.74) is -0.349. The molecule has 0 amide bonds. The lowest BCUT2D eigenvalue weighted by Gasteiger charge is -2.27. The van der Waals surface area contributed by atoms with E-state index in [1.807, 2.05) is 0 Å². The summed E-state index contributed by atoms with van der Waals surface area (Å²) in [7, 11) is 1.75. The van der Waals surface area contributed by atoms with Crippen LogP contribution in [-0.4, -0.2) is 26.2 Å². The van der Waals surface area contributed by atoms with E-state index in [4.69, 9.17) is 4.74 Å². The minimum Gasteiger partial charge on any atom is -0.449 e. The first-order valence-corrected chi connectivity index (χ1v) is 8.07. The van der Waals surface area contributed by atoms with Gasteiger partial charge >= 0.3 is 5.97 Å². The Kier molecular flexibility index (Phi) is 5.38. The molecule has 0 saturated carbocycles. The van der Waals surface area contributed by atoms with E-state index in [1.165, 1.54) is 13.8 Å². The molecule has 7 nitrogen and oxygen atoms in total. The van der Waals surface area contributed by atoms with Crippen molar-refractivity contribution in [2.24, 2.45) is 7.05 Å². The summed E-state index contributed by atoms with van der Waals surface area (Å²) in [5, 5.41) is 15.6. The summed E-state index contributed by atoms with van der Waals surface area (Å²) in [6.07, 6.45) is 0.675. The molecule has 1 aromatic heterocycles. The molecule has 0 aliphatic carbocycles. The molecule has 0 radical (unpaired) electrons. The van der Waals surface area contributed by atoms with Gasteiger partial charge in [-0.3, -0.25) is 19.6 Å². The second kappa shape index (κ2) is 7.12. The summed E-state index contributed by atoms with van der Waals surface area (Å²) in [6.45, 7) is 2.88. The highest BCUT2D eigenvalue weighted by Crippen LogP contribution is 2.33. The van der Waals surface area contributed by atoms with Gasteiger partial charge in [-0.1, -0.05) is 28.1 Å². The number of halogens is 1. The number of ether oxygens (including phenoxy) is 1. The van der Waals surface area contributed by atoms with Gasteiger partial charge in [0.2, 0.25) is 0 Å². The molecule has 128 valence electrons. The summed E-state index contributed by atoms with van der Waals surface area (Å²) in [5.74, 6) is -0.559. The van der Waals surface area contributed by atoms with Crippen molar-refractivity contribution in [1.82, 2.24) is 9.78 Å². The zero-order valence-corrected chi connectivity index (χ0v) is 15.2. The molecule has 1 heterocycles. The van der Waals surface area contributed by atoms with Crippen LogP contribution in [0.5, 0.6) is 0 Å². The Morgan fingerprint density at radius 2 is 2.00 bits per heavy atom. The maximum atomic E-state index is 12.2. The van der Waals surface area contributed by atoms with Gasteiger partial charge in [0, 0.05) is 36.5 Å².